The normalized spacial score (nSPS) is 14.6. The molecule has 0 radical (unpaired) electrons. The van der Waals surface area contributed by atoms with Gasteiger partial charge in [0.2, 0.25) is 0 Å². The minimum absolute atomic E-state index is 0.175. The standard InChI is InChI=1S/C26H26F3N3O3S/c1-19-6-12-24(13-7-19)36(34,35)30(2)22-10-8-20(9-11-22)25(33)32-16-14-31(15-17-32)23-5-3-4-21(18-23)26(27,28)29/h3-13,18H,14-17H2,1-2H3. The maximum atomic E-state index is 13.0. The van der Waals surface area contributed by atoms with Crippen LogP contribution in [0.4, 0.5) is 24.5 Å². The second-order valence-corrected chi connectivity index (χ2v) is 10.6. The first-order chi connectivity index (χ1) is 17.0. The lowest BCUT2D eigenvalue weighted by molar-refractivity contribution is -0.137. The first-order valence-electron chi connectivity index (χ1n) is 11.3. The largest absolute Gasteiger partial charge is 0.416 e. The highest BCUT2D eigenvalue weighted by molar-refractivity contribution is 7.92. The zero-order chi connectivity index (χ0) is 26.1. The van der Waals surface area contributed by atoms with Crippen molar-refractivity contribution >= 4 is 27.3 Å². The van der Waals surface area contributed by atoms with Crippen molar-refractivity contribution in [3.63, 3.8) is 0 Å². The number of sulfonamides is 1. The lowest BCUT2D eigenvalue weighted by atomic mass is 10.1. The predicted molar refractivity (Wildman–Crippen MR) is 133 cm³/mol. The molecule has 1 saturated heterocycles. The number of amides is 1. The molecule has 4 rings (SSSR count). The minimum atomic E-state index is -4.41. The Morgan fingerprint density at radius 1 is 0.889 bits per heavy atom. The summed E-state index contributed by atoms with van der Waals surface area (Å²) in [6.45, 7) is 3.41. The van der Waals surface area contributed by atoms with Crippen molar-refractivity contribution in [1.29, 1.82) is 0 Å². The van der Waals surface area contributed by atoms with Crippen molar-refractivity contribution in [1.82, 2.24) is 4.90 Å². The fraction of sp³-hybridized carbons (Fsp3) is 0.269. The Kier molecular flexibility index (Phi) is 6.99. The molecule has 0 saturated carbocycles. The topological polar surface area (TPSA) is 60.9 Å². The van der Waals surface area contributed by atoms with E-state index in [0.29, 0.717) is 43.1 Å². The lowest BCUT2D eigenvalue weighted by Crippen LogP contribution is -2.48. The van der Waals surface area contributed by atoms with Gasteiger partial charge in [0, 0.05) is 44.5 Å². The van der Waals surface area contributed by atoms with Crippen LogP contribution in [0.15, 0.2) is 77.7 Å². The van der Waals surface area contributed by atoms with Gasteiger partial charge in [-0.1, -0.05) is 23.8 Å². The van der Waals surface area contributed by atoms with E-state index >= 15 is 0 Å². The van der Waals surface area contributed by atoms with Crippen molar-refractivity contribution in [3.8, 4) is 0 Å². The van der Waals surface area contributed by atoms with Gasteiger partial charge in [-0.25, -0.2) is 8.42 Å². The van der Waals surface area contributed by atoms with Crippen LogP contribution in [0, 0.1) is 6.92 Å². The van der Waals surface area contributed by atoms with E-state index in [1.807, 2.05) is 11.8 Å². The molecule has 0 spiro atoms. The second-order valence-electron chi connectivity index (χ2n) is 8.66. The summed E-state index contributed by atoms with van der Waals surface area (Å²) in [6, 6.07) is 18.1. The van der Waals surface area contributed by atoms with Gasteiger partial charge in [0.1, 0.15) is 0 Å². The van der Waals surface area contributed by atoms with Crippen LogP contribution < -0.4 is 9.21 Å². The molecule has 0 atom stereocenters. The molecule has 1 aliphatic heterocycles. The number of carbonyl (C=O) groups excluding carboxylic acids is 1. The molecule has 0 bridgehead atoms. The molecule has 1 fully saturated rings. The Morgan fingerprint density at radius 2 is 1.50 bits per heavy atom. The fourth-order valence-electron chi connectivity index (χ4n) is 4.05. The highest BCUT2D eigenvalue weighted by atomic mass is 32.2. The molecule has 0 N–H and O–H groups in total. The lowest BCUT2D eigenvalue weighted by Gasteiger charge is -2.36. The maximum Gasteiger partial charge on any atom is 0.416 e. The van der Waals surface area contributed by atoms with Crippen molar-refractivity contribution in [2.24, 2.45) is 0 Å². The minimum Gasteiger partial charge on any atom is -0.368 e. The van der Waals surface area contributed by atoms with E-state index in [-0.39, 0.29) is 10.8 Å². The van der Waals surface area contributed by atoms with Gasteiger partial charge in [-0.2, -0.15) is 13.2 Å². The van der Waals surface area contributed by atoms with Crippen LogP contribution >= 0.6 is 0 Å². The van der Waals surface area contributed by atoms with Gasteiger partial charge in [-0.05, 0) is 61.5 Å². The summed E-state index contributed by atoms with van der Waals surface area (Å²) < 4.78 is 66.1. The molecule has 1 aliphatic rings. The summed E-state index contributed by atoms with van der Waals surface area (Å²) in [5.74, 6) is -0.214. The van der Waals surface area contributed by atoms with Crippen molar-refractivity contribution < 1.29 is 26.4 Å². The van der Waals surface area contributed by atoms with Crippen LogP contribution in [0.1, 0.15) is 21.5 Å². The molecule has 6 nitrogen and oxygen atoms in total. The van der Waals surface area contributed by atoms with E-state index in [2.05, 4.69) is 0 Å². The van der Waals surface area contributed by atoms with Crippen LogP contribution in [0.5, 0.6) is 0 Å². The van der Waals surface area contributed by atoms with E-state index in [1.54, 1.807) is 59.5 Å². The molecular weight excluding hydrogens is 491 g/mol. The summed E-state index contributed by atoms with van der Waals surface area (Å²) >= 11 is 0. The molecule has 0 unspecified atom stereocenters. The van der Waals surface area contributed by atoms with Gasteiger partial charge in [0.25, 0.3) is 15.9 Å². The van der Waals surface area contributed by atoms with E-state index in [4.69, 9.17) is 0 Å². The number of halogens is 3. The predicted octanol–water partition coefficient (Wildman–Crippen LogP) is 4.80. The van der Waals surface area contributed by atoms with Crippen molar-refractivity contribution in [3.05, 3.63) is 89.5 Å². The van der Waals surface area contributed by atoms with Gasteiger partial charge < -0.3 is 9.80 Å². The highest BCUT2D eigenvalue weighted by Gasteiger charge is 2.31. The molecule has 36 heavy (non-hydrogen) atoms. The van der Waals surface area contributed by atoms with E-state index in [0.717, 1.165) is 17.7 Å². The summed E-state index contributed by atoms with van der Waals surface area (Å²) in [5, 5.41) is 0. The average molecular weight is 518 g/mol. The number of hydrogen-bond donors (Lipinski definition) is 0. The Morgan fingerprint density at radius 3 is 2.08 bits per heavy atom. The monoisotopic (exact) mass is 517 g/mol. The Balaban J connectivity index is 1.41. The summed E-state index contributed by atoms with van der Waals surface area (Å²) in [6.07, 6.45) is -4.41. The van der Waals surface area contributed by atoms with Crippen LogP contribution in [-0.4, -0.2) is 52.5 Å². The number of aryl methyl sites for hydroxylation is 1. The smallest absolute Gasteiger partial charge is 0.368 e. The van der Waals surface area contributed by atoms with E-state index in [1.165, 1.54) is 17.4 Å². The van der Waals surface area contributed by atoms with Crippen LogP contribution in [0.2, 0.25) is 0 Å². The highest BCUT2D eigenvalue weighted by Crippen LogP contribution is 2.32. The first-order valence-corrected chi connectivity index (χ1v) is 12.8. The van der Waals surface area contributed by atoms with Gasteiger partial charge >= 0.3 is 6.18 Å². The summed E-state index contributed by atoms with van der Waals surface area (Å²) in [7, 11) is -2.29. The van der Waals surface area contributed by atoms with E-state index in [9.17, 15) is 26.4 Å². The van der Waals surface area contributed by atoms with Crippen LogP contribution in [-0.2, 0) is 16.2 Å². The van der Waals surface area contributed by atoms with Gasteiger partial charge in [-0.15, -0.1) is 0 Å². The number of rotatable bonds is 5. The molecule has 0 aliphatic carbocycles. The molecule has 190 valence electrons. The number of nitrogens with zero attached hydrogens (tertiary/aromatic N) is 3. The third-order valence-electron chi connectivity index (χ3n) is 6.26. The Hall–Kier alpha value is -3.53. The zero-order valence-electron chi connectivity index (χ0n) is 19.9. The Bertz CT molecular complexity index is 1330. The molecule has 1 heterocycles. The molecule has 0 aromatic heterocycles. The molecular formula is C26H26F3N3O3S. The zero-order valence-corrected chi connectivity index (χ0v) is 20.7. The molecule has 1 amide bonds. The average Bonchev–Trinajstić information content (AvgIpc) is 2.88. The SMILES string of the molecule is Cc1ccc(S(=O)(=O)N(C)c2ccc(C(=O)N3CCN(c4cccc(C(F)(F)F)c4)CC3)cc2)cc1. The third-order valence-corrected chi connectivity index (χ3v) is 8.06. The first kappa shape index (κ1) is 25.6. The summed E-state index contributed by atoms with van der Waals surface area (Å²) in [4.78, 5) is 16.6. The van der Waals surface area contributed by atoms with Gasteiger partial charge in [0.15, 0.2) is 0 Å². The van der Waals surface area contributed by atoms with Crippen molar-refractivity contribution in [2.45, 2.75) is 18.0 Å². The molecule has 3 aromatic carbocycles. The number of benzene rings is 3. The number of carbonyl (C=O) groups is 1. The quantitative estimate of drug-likeness (QED) is 0.488. The fourth-order valence-corrected chi connectivity index (χ4v) is 5.25. The maximum absolute atomic E-state index is 13.0. The second kappa shape index (κ2) is 9.85. The number of hydrogen-bond acceptors (Lipinski definition) is 4. The van der Waals surface area contributed by atoms with Crippen LogP contribution in [0.3, 0.4) is 0 Å². The number of anilines is 2. The van der Waals surface area contributed by atoms with Gasteiger partial charge in [0.05, 0.1) is 16.1 Å². The third kappa shape index (κ3) is 5.33. The molecule has 3 aromatic rings. The van der Waals surface area contributed by atoms with Crippen molar-refractivity contribution in [2.75, 3.05) is 42.4 Å². The number of alkyl halides is 3. The van der Waals surface area contributed by atoms with E-state index < -0.39 is 21.8 Å². The summed E-state index contributed by atoms with van der Waals surface area (Å²) in [5.41, 5.74) is 1.55. The Labute approximate surface area is 208 Å². The molecule has 10 heteroatoms. The van der Waals surface area contributed by atoms with Gasteiger partial charge in [-0.3, -0.25) is 9.10 Å². The number of piperazine rings is 1. The van der Waals surface area contributed by atoms with Crippen LogP contribution in [0.25, 0.3) is 0 Å².